The van der Waals surface area contributed by atoms with E-state index in [-0.39, 0.29) is 5.91 Å². The Morgan fingerprint density at radius 3 is 1.90 bits per heavy atom. The first kappa shape index (κ1) is 14.0. The maximum atomic E-state index is 10.9. The average Bonchev–Trinajstić information content (AvgIpc) is 2.47. The number of benzene rings is 2. The standard InChI is InChI=1S/C15H14N2O2S2/c1-11(19)17-13-4-8-15(9-5-13)21-20-14-6-2-12(3-7-14)16-10-18/h2-10H,1H3,(H,16,18)(H,17,19)/i10D. The van der Waals surface area contributed by atoms with Crippen LogP contribution in [0, 0.1) is 0 Å². The Morgan fingerprint density at radius 2 is 1.48 bits per heavy atom. The molecule has 0 aliphatic heterocycles. The van der Waals surface area contributed by atoms with Crippen LogP contribution in [0.25, 0.3) is 0 Å². The van der Waals surface area contributed by atoms with Crippen molar-refractivity contribution in [3.8, 4) is 0 Å². The highest BCUT2D eigenvalue weighted by molar-refractivity contribution is 8.76. The monoisotopic (exact) mass is 319 g/mol. The molecule has 21 heavy (non-hydrogen) atoms. The summed E-state index contributed by atoms with van der Waals surface area (Å²) < 4.78 is 6.84. The van der Waals surface area contributed by atoms with Crippen LogP contribution in [0.2, 0.25) is 0 Å². The summed E-state index contributed by atoms with van der Waals surface area (Å²) >= 11 is 0. The molecule has 108 valence electrons. The Balaban J connectivity index is 1.89. The number of anilines is 2. The van der Waals surface area contributed by atoms with Crippen LogP contribution in [-0.4, -0.2) is 12.3 Å². The number of carbonyl (C=O) groups excluding carboxylic acids is 2. The molecule has 0 saturated carbocycles. The molecule has 2 aromatic rings. The molecule has 0 saturated heterocycles. The van der Waals surface area contributed by atoms with Crippen LogP contribution < -0.4 is 10.6 Å². The molecule has 0 aliphatic carbocycles. The van der Waals surface area contributed by atoms with Gasteiger partial charge in [-0.1, -0.05) is 21.6 Å². The molecule has 2 aromatic carbocycles. The van der Waals surface area contributed by atoms with Crippen LogP contribution in [0.1, 0.15) is 8.29 Å². The van der Waals surface area contributed by atoms with Gasteiger partial charge in [0.25, 0.3) is 0 Å². The second-order valence-corrected chi connectivity index (χ2v) is 6.40. The van der Waals surface area contributed by atoms with Gasteiger partial charge in [0, 0.05) is 28.1 Å². The fourth-order valence-corrected chi connectivity index (χ4v) is 3.48. The number of nitrogens with one attached hydrogen (secondary N) is 2. The third-order valence-corrected chi connectivity index (χ3v) is 4.88. The lowest BCUT2D eigenvalue weighted by Crippen LogP contribution is -2.05. The van der Waals surface area contributed by atoms with E-state index in [0.717, 1.165) is 15.5 Å². The molecule has 2 amide bonds. The molecule has 0 aromatic heterocycles. The lowest BCUT2D eigenvalue weighted by atomic mass is 10.3. The number of hydrogen-bond acceptors (Lipinski definition) is 4. The first-order chi connectivity index (χ1) is 10.5. The Morgan fingerprint density at radius 1 is 1.00 bits per heavy atom. The number of amides is 2. The third-order valence-electron chi connectivity index (χ3n) is 2.46. The van der Waals surface area contributed by atoms with Gasteiger partial charge in [-0.2, -0.15) is 0 Å². The van der Waals surface area contributed by atoms with Crippen molar-refractivity contribution in [2.45, 2.75) is 16.7 Å². The minimum absolute atomic E-state index is 0.0883. The maximum absolute atomic E-state index is 10.9. The van der Waals surface area contributed by atoms with Gasteiger partial charge in [0.1, 0.15) is 1.37 Å². The van der Waals surface area contributed by atoms with E-state index in [2.05, 4.69) is 10.6 Å². The fourth-order valence-electron chi connectivity index (χ4n) is 1.55. The number of hydrogen-bond donors (Lipinski definition) is 2. The summed E-state index contributed by atoms with van der Waals surface area (Å²) in [5, 5.41) is 5.13. The van der Waals surface area contributed by atoms with Crippen molar-refractivity contribution in [2.75, 3.05) is 10.6 Å². The fraction of sp³-hybridized carbons (Fsp3) is 0.0667. The van der Waals surface area contributed by atoms with Gasteiger partial charge in [-0.05, 0) is 48.5 Å². The second kappa shape index (κ2) is 7.75. The SMILES string of the molecule is [2H]C(=O)Nc1ccc(SSc2ccc(NC(C)=O)cc2)cc1. The van der Waals surface area contributed by atoms with E-state index in [1.54, 1.807) is 33.7 Å². The quantitative estimate of drug-likeness (QED) is 0.646. The summed E-state index contributed by atoms with van der Waals surface area (Å²) in [7, 11) is 3.19. The van der Waals surface area contributed by atoms with Gasteiger partial charge in [-0.3, -0.25) is 9.59 Å². The van der Waals surface area contributed by atoms with Crippen molar-refractivity contribution < 1.29 is 11.0 Å². The van der Waals surface area contributed by atoms with Crippen molar-refractivity contribution in [3.63, 3.8) is 0 Å². The molecule has 6 heteroatoms. The molecule has 0 heterocycles. The zero-order valence-corrected chi connectivity index (χ0v) is 12.9. The Hall–Kier alpha value is -1.92. The van der Waals surface area contributed by atoms with E-state index >= 15 is 0 Å². The summed E-state index contributed by atoms with van der Waals surface area (Å²) in [6.07, 6.45) is -0.825. The number of rotatable bonds is 5. The van der Waals surface area contributed by atoms with Crippen LogP contribution in [-0.2, 0) is 9.59 Å². The summed E-state index contributed by atoms with van der Waals surface area (Å²) in [5.41, 5.74) is 1.38. The van der Waals surface area contributed by atoms with Crippen molar-refractivity contribution in [1.82, 2.24) is 0 Å². The minimum Gasteiger partial charge on any atom is -0.329 e. The van der Waals surface area contributed by atoms with E-state index in [9.17, 15) is 9.59 Å². The van der Waals surface area contributed by atoms with Crippen molar-refractivity contribution in [2.24, 2.45) is 0 Å². The first-order valence-electron chi connectivity index (χ1n) is 6.63. The van der Waals surface area contributed by atoms with E-state index < -0.39 is 6.39 Å². The van der Waals surface area contributed by atoms with Crippen LogP contribution >= 0.6 is 21.6 Å². The van der Waals surface area contributed by atoms with E-state index in [1.165, 1.54) is 6.92 Å². The molecular weight excluding hydrogens is 304 g/mol. The molecular formula is C15H14N2O2S2. The maximum Gasteiger partial charge on any atom is 0.221 e. The second-order valence-electron chi connectivity index (χ2n) is 4.12. The topological polar surface area (TPSA) is 58.2 Å². The van der Waals surface area contributed by atoms with Crippen LogP contribution in [0.4, 0.5) is 11.4 Å². The van der Waals surface area contributed by atoms with E-state index in [1.807, 2.05) is 36.4 Å². The highest BCUT2D eigenvalue weighted by Gasteiger charge is 2.00. The van der Waals surface area contributed by atoms with Crippen LogP contribution in [0.5, 0.6) is 0 Å². The van der Waals surface area contributed by atoms with Crippen molar-refractivity contribution in [3.05, 3.63) is 48.5 Å². The predicted molar refractivity (Wildman–Crippen MR) is 88.6 cm³/mol. The molecule has 0 aliphatic rings. The van der Waals surface area contributed by atoms with E-state index in [0.29, 0.717) is 5.69 Å². The normalized spacial score (nSPS) is 10.6. The lowest BCUT2D eigenvalue weighted by Gasteiger charge is -2.05. The number of carbonyl (C=O) groups is 2. The molecule has 2 N–H and O–H groups in total. The largest absolute Gasteiger partial charge is 0.329 e. The summed E-state index contributed by atoms with van der Waals surface area (Å²) in [5.74, 6) is -0.0883. The average molecular weight is 319 g/mol. The summed E-state index contributed by atoms with van der Waals surface area (Å²) in [6, 6.07) is 14.9. The van der Waals surface area contributed by atoms with Gasteiger partial charge in [0.2, 0.25) is 12.3 Å². The molecule has 0 radical (unpaired) electrons. The first-order valence-corrected chi connectivity index (χ1v) is 8.28. The predicted octanol–water partition coefficient (Wildman–Crippen LogP) is 4.01. The van der Waals surface area contributed by atoms with E-state index in [4.69, 9.17) is 1.37 Å². The zero-order chi connectivity index (χ0) is 15.9. The zero-order valence-electron chi connectivity index (χ0n) is 12.3. The van der Waals surface area contributed by atoms with Gasteiger partial charge >= 0.3 is 0 Å². The summed E-state index contributed by atoms with van der Waals surface area (Å²) in [4.78, 5) is 23.7. The Kier molecular flexibility index (Phi) is 5.18. The third kappa shape index (κ3) is 5.17. The van der Waals surface area contributed by atoms with Crippen LogP contribution in [0.3, 0.4) is 0 Å². The van der Waals surface area contributed by atoms with Gasteiger partial charge < -0.3 is 10.6 Å². The van der Waals surface area contributed by atoms with Gasteiger partial charge in [-0.15, -0.1) is 0 Å². The Labute approximate surface area is 132 Å². The molecule has 0 bridgehead atoms. The van der Waals surface area contributed by atoms with Gasteiger partial charge in [-0.25, -0.2) is 0 Å². The lowest BCUT2D eigenvalue weighted by molar-refractivity contribution is -0.114. The summed E-state index contributed by atoms with van der Waals surface area (Å²) in [6.45, 7) is 1.48. The molecule has 2 rings (SSSR count). The van der Waals surface area contributed by atoms with Crippen LogP contribution in [0.15, 0.2) is 58.3 Å². The minimum atomic E-state index is -0.825. The smallest absolute Gasteiger partial charge is 0.221 e. The highest BCUT2D eigenvalue weighted by Crippen LogP contribution is 2.37. The molecule has 0 fully saturated rings. The molecule has 4 nitrogen and oxygen atoms in total. The van der Waals surface area contributed by atoms with Gasteiger partial charge in [0.05, 0.1) is 0 Å². The molecule has 0 unspecified atom stereocenters. The Bertz CT molecular complexity index is 601. The van der Waals surface area contributed by atoms with Crippen molar-refractivity contribution >= 4 is 45.3 Å². The highest BCUT2D eigenvalue weighted by atomic mass is 33.1. The van der Waals surface area contributed by atoms with Gasteiger partial charge in [0.15, 0.2) is 0 Å². The van der Waals surface area contributed by atoms with Crippen molar-refractivity contribution in [1.29, 1.82) is 0 Å². The molecule has 0 atom stereocenters. The molecule has 0 spiro atoms.